The highest BCUT2D eigenvalue weighted by Crippen LogP contribution is 2.29. The van der Waals surface area contributed by atoms with Gasteiger partial charge in [0.05, 0.1) is 25.5 Å². The summed E-state index contributed by atoms with van der Waals surface area (Å²) in [5, 5.41) is 11.2. The maximum absolute atomic E-state index is 12.5. The summed E-state index contributed by atoms with van der Waals surface area (Å²) in [6.07, 6.45) is -1.18. The summed E-state index contributed by atoms with van der Waals surface area (Å²) in [5.74, 6) is 1.55. The van der Waals surface area contributed by atoms with E-state index in [0.717, 1.165) is 26.2 Å². The van der Waals surface area contributed by atoms with Crippen LogP contribution < -0.4 is 15.5 Å². The predicted octanol–water partition coefficient (Wildman–Crippen LogP) is 1.93. The maximum Gasteiger partial charge on any atom is 0.411 e. The van der Waals surface area contributed by atoms with E-state index < -0.39 is 12.8 Å². The molecule has 0 spiro atoms. The summed E-state index contributed by atoms with van der Waals surface area (Å²) in [4.78, 5) is 19.8. The molecule has 0 aromatic carbocycles. The standard InChI is InChI=1S/C21H28F3N9O2/c1-2-34-12-10-33-18-17(15(31-33)4-11-35-13-21(22,23)24)29-20(32-8-6-25-7-9-32)30-19(18)28-16-3-5-26-14-27-16/h3,5,14,25H,2,4,6-13H2,1H3,(H,26,27,28,29,30). The molecule has 0 unspecified atom stereocenters. The molecule has 1 fully saturated rings. The van der Waals surface area contributed by atoms with E-state index >= 15 is 0 Å². The lowest BCUT2D eigenvalue weighted by molar-refractivity contribution is -0.173. The van der Waals surface area contributed by atoms with E-state index in [1.807, 2.05) is 6.92 Å². The Hall–Kier alpha value is -3.10. The van der Waals surface area contributed by atoms with Crippen molar-refractivity contribution >= 4 is 28.6 Å². The minimum Gasteiger partial charge on any atom is -0.380 e. The molecule has 0 bridgehead atoms. The Balaban J connectivity index is 1.72. The van der Waals surface area contributed by atoms with Gasteiger partial charge in [0.15, 0.2) is 5.82 Å². The largest absolute Gasteiger partial charge is 0.411 e. The van der Waals surface area contributed by atoms with Crippen LogP contribution in [0.15, 0.2) is 18.6 Å². The van der Waals surface area contributed by atoms with Crippen molar-refractivity contribution in [3.05, 3.63) is 24.3 Å². The van der Waals surface area contributed by atoms with Crippen LogP contribution in [0.3, 0.4) is 0 Å². The van der Waals surface area contributed by atoms with Gasteiger partial charge in [-0.3, -0.25) is 4.68 Å². The third-order valence-electron chi connectivity index (χ3n) is 5.27. The molecule has 0 atom stereocenters. The third kappa shape index (κ3) is 6.74. The highest BCUT2D eigenvalue weighted by Gasteiger charge is 2.28. The fourth-order valence-corrected chi connectivity index (χ4v) is 3.69. The number of aromatic nitrogens is 6. The molecule has 0 radical (unpaired) electrons. The Labute approximate surface area is 200 Å². The van der Waals surface area contributed by atoms with Gasteiger partial charge in [0, 0.05) is 45.4 Å². The van der Waals surface area contributed by atoms with Crippen molar-refractivity contribution in [2.75, 3.05) is 62.8 Å². The van der Waals surface area contributed by atoms with Gasteiger partial charge in [-0.05, 0) is 13.0 Å². The lowest BCUT2D eigenvalue weighted by Crippen LogP contribution is -2.44. The number of fused-ring (bicyclic) bond motifs is 1. The number of ether oxygens (including phenoxy) is 2. The summed E-state index contributed by atoms with van der Waals surface area (Å²) in [5.41, 5.74) is 1.70. The number of anilines is 3. The molecular weight excluding hydrogens is 467 g/mol. The van der Waals surface area contributed by atoms with Crippen LogP contribution in [0.2, 0.25) is 0 Å². The van der Waals surface area contributed by atoms with Crippen molar-refractivity contribution < 1.29 is 22.6 Å². The van der Waals surface area contributed by atoms with Crippen LogP contribution in [0.25, 0.3) is 11.0 Å². The molecule has 3 aromatic rings. The average molecular weight is 496 g/mol. The summed E-state index contributed by atoms with van der Waals surface area (Å²) >= 11 is 0. The smallest absolute Gasteiger partial charge is 0.380 e. The number of rotatable bonds is 11. The van der Waals surface area contributed by atoms with E-state index in [0.29, 0.717) is 54.1 Å². The summed E-state index contributed by atoms with van der Waals surface area (Å²) in [6.45, 7) is 4.86. The Morgan fingerprint density at radius 2 is 1.97 bits per heavy atom. The molecule has 11 nitrogen and oxygen atoms in total. The lowest BCUT2D eigenvalue weighted by atomic mass is 10.2. The first-order valence-corrected chi connectivity index (χ1v) is 11.4. The topological polar surface area (TPSA) is 115 Å². The van der Waals surface area contributed by atoms with Gasteiger partial charge in [-0.1, -0.05) is 0 Å². The van der Waals surface area contributed by atoms with Gasteiger partial charge in [-0.25, -0.2) is 15.0 Å². The van der Waals surface area contributed by atoms with E-state index in [4.69, 9.17) is 19.4 Å². The van der Waals surface area contributed by atoms with Gasteiger partial charge >= 0.3 is 6.18 Å². The molecule has 2 N–H and O–H groups in total. The maximum atomic E-state index is 12.5. The monoisotopic (exact) mass is 495 g/mol. The van der Waals surface area contributed by atoms with Crippen molar-refractivity contribution in [2.45, 2.75) is 26.1 Å². The molecule has 3 aromatic heterocycles. The summed E-state index contributed by atoms with van der Waals surface area (Å²) in [6, 6.07) is 1.71. The first kappa shape index (κ1) is 25.0. The number of hydrogen-bond donors (Lipinski definition) is 2. The second kappa shape index (κ2) is 11.6. The second-order valence-corrected chi connectivity index (χ2v) is 7.81. The second-order valence-electron chi connectivity index (χ2n) is 7.81. The van der Waals surface area contributed by atoms with Gasteiger partial charge in [-0.15, -0.1) is 0 Å². The van der Waals surface area contributed by atoms with Gasteiger partial charge in [0.2, 0.25) is 5.95 Å². The minimum atomic E-state index is -4.38. The van der Waals surface area contributed by atoms with E-state index in [2.05, 4.69) is 30.6 Å². The van der Waals surface area contributed by atoms with Crippen LogP contribution in [0.1, 0.15) is 12.6 Å². The predicted molar refractivity (Wildman–Crippen MR) is 123 cm³/mol. The van der Waals surface area contributed by atoms with Crippen LogP contribution >= 0.6 is 0 Å². The minimum absolute atomic E-state index is 0.140. The summed E-state index contributed by atoms with van der Waals surface area (Å²) in [7, 11) is 0. The SMILES string of the molecule is CCOCCn1nc(CCOCC(F)(F)F)c2nc(N3CCNCC3)nc(Nc3ccncn3)c21. The first-order valence-electron chi connectivity index (χ1n) is 11.4. The van der Waals surface area contributed by atoms with Crippen molar-refractivity contribution in [2.24, 2.45) is 0 Å². The Morgan fingerprint density at radius 3 is 2.69 bits per heavy atom. The van der Waals surface area contributed by atoms with Gasteiger partial charge in [0.1, 0.15) is 29.8 Å². The van der Waals surface area contributed by atoms with Gasteiger partial charge in [0.25, 0.3) is 0 Å². The van der Waals surface area contributed by atoms with Crippen molar-refractivity contribution in [3.8, 4) is 0 Å². The molecule has 190 valence electrons. The number of halogens is 3. The number of nitrogens with one attached hydrogen (secondary N) is 2. The van der Waals surface area contributed by atoms with Crippen LogP contribution in [0.4, 0.5) is 30.8 Å². The van der Waals surface area contributed by atoms with Crippen molar-refractivity contribution in [1.82, 2.24) is 35.0 Å². The lowest BCUT2D eigenvalue weighted by Gasteiger charge is -2.27. The fourth-order valence-electron chi connectivity index (χ4n) is 3.69. The average Bonchev–Trinajstić information content (AvgIpc) is 3.20. The normalized spacial score (nSPS) is 14.6. The third-order valence-corrected chi connectivity index (χ3v) is 5.27. The molecule has 1 saturated heterocycles. The van der Waals surface area contributed by atoms with E-state index in [1.165, 1.54) is 6.33 Å². The zero-order chi connectivity index (χ0) is 24.7. The number of piperazine rings is 1. The van der Waals surface area contributed by atoms with Crippen molar-refractivity contribution in [3.63, 3.8) is 0 Å². The molecular formula is C21H28F3N9O2. The Bertz CT molecular complexity index is 1090. The van der Waals surface area contributed by atoms with Crippen molar-refractivity contribution in [1.29, 1.82) is 0 Å². The molecule has 1 aliphatic heterocycles. The highest BCUT2D eigenvalue weighted by molar-refractivity contribution is 5.90. The summed E-state index contributed by atoms with van der Waals surface area (Å²) < 4.78 is 49.6. The van der Waals surface area contributed by atoms with E-state index in [-0.39, 0.29) is 13.0 Å². The number of alkyl halides is 3. The Kier molecular flexibility index (Phi) is 8.25. The zero-order valence-electron chi connectivity index (χ0n) is 19.4. The zero-order valence-corrected chi connectivity index (χ0v) is 19.4. The molecule has 0 saturated carbocycles. The van der Waals surface area contributed by atoms with Crippen LogP contribution in [0.5, 0.6) is 0 Å². The highest BCUT2D eigenvalue weighted by atomic mass is 19.4. The van der Waals surface area contributed by atoms with E-state index in [9.17, 15) is 13.2 Å². The molecule has 14 heteroatoms. The molecule has 4 heterocycles. The molecule has 1 aliphatic rings. The van der Waals surface area contributed by atoms with Crippen LogP contribution in [-0.2, 0) is 22.4 Å². The van der Waals surface area contributed by atoms with Gasteiger partial charge < -0.3 is 25.0 Å². The first-order chi connectivity index (χ1) is 16.9. The van der Waals surface area contributed by atoms with E-state index in [1.54, 1.807) is 16.9 Å². The quantitative estimate of drug-likeness (QED) is 0.382. The fraction of sp³-hybridized carbons (Fsp3) is 0.571. The Morgan fingerprint density at radius 1 is 1.14 bits per heavy atom. The molecule has 4 rings (SSSR count). The van der Waals surface area contributed by atoms with Crippen LogP contribution in [-0.4, -0.2) is 88.5 Å². The molecule has 0 amide bonds. The molecule has 0 aliphatic carbocycles. The van der Waals surface area contributed by atoms with Crippen LogP contribution in [0, 0.1) is 0 Å². The number of hydrogen-bond acceptors (Lipinski definition) is 10. The molecule has 35 heavy (non-hydrogen) atoms. The number of nitrogens with zero attached hydrogens (tertiary/aromatic N) is 7. The van der Waals surface area contributed by atoms with Gasteiger partial charge in [-0.2, -0.15) is 23.3 Å².